The number of nitrogens with zero attached hydrogens (tertiary/aromatic N) is 2. The number of ether oxygens (including phenoxy) is 1. The van der Waals surface area contributed by atoms with E-state index in [1.807, 2.05) is 18.2 Å². The van der Waals surface area contributed by atoms with Gasteiger partial charge in [-0.05, 0) is 48.2 Å². The van der Waals surface area contributed by atoms with E-state index in [-0.39, 0.29) is 0 Å². The summed E-state index contributed by atoms with van der Waals surface area (Å²) >= 11 is 0. The number of rotatable bonds is 2. The van der Waals surface area contributed by atoms with Crippen molar-refractivity contribution in [2.45, 2.75) is 6.92 Å². The molecular formula is C19H16N2O2. The van der Waals surface area contributed by atoms with Crippen molar-refractivity contribution in [1.82, 2.24) is 9.55 Å². The maximum absolute atomic E-state index is 11.3. The molecule has 114 valence electrons. The van der Waals surface area contributed by atoms with Crippen molar-refractivity contribution in [3.05, 3.63) is 47.8 Å². The summed E-state index contributed by atoms with van der Waals surface area (Å²) in [5.74, 6) is 0.824. The Morgan fingerprint density at radius 3 is 2.65 bits per heavy atom. The molecule has 0 saturated heterocycles. The summed E-state index contributed by atoms with van der Waals surface area (Å²) in [5, 5.41) is 4.19. The van der Waals surface area contributed by atoms with Crippen molar-refractivity contribution in [3.63, 3.8) is 0 Å². The van der Waals surface area contributed by atoms with Crippen LogP contribution in [0.3, 0.4) is 0 Å². The fourth-order valence-electron chi connectivity index (χ4n) is 3.51. The molecule has 0 fully saturated rings. The Labute approximate surface area is 133 Å². The molecule has 0 N–H and O–H groups in total. The number of hydrogen-bond acceptors (Lipinski definition) is 3. The van der Waals surface area contributed by atoms with E-state index in [1.165, 1.54) is 5.52 Å². The standard InChI is InChI=1S/C19H16N2O2/c1-11-13-6-7-20-17(10-22)14(13)9-16-15-8-12(23-3)4-5-18(15)21(2)19(11)16/h4-10H,1-3H3. The highest BCUT2D eigenvalue weighted by Gasteiger charge is 2.15. The summed E-state index contributed by atoms with van der Waals surface area (Å²) in [6, 6.07) is 10.1. The van der Waals surface area contributed by atoms with E-state index in [9.17, 15) is 4.79 Å². The van der Waals surface area contributed by atoms with E-state index in [1.54, 1.807) is 13.3 Å². The average Bonchev–Trinajstić information content (AvgIpc) is 2.87. The second kappa shape index (κ2) is 4.81. The number of aldehydes is 1. The maximum Gasteiger partial charge on any atom is 0.169 e. The van der Waals surface area contributed by atoms with Gasteiger partial charge in [0.05, 0.1) is 12.6 Å². The van der Waals surface area contributed by atoms with Gasteiger partial charge >= 0.3 is 0 Å². The largest absolute Gasteiger partial charge is 0.497 e. The minimum atomic E-state index is 0.479. The highest BCUT2D eigenvalue weighted by atomic mass is 16.5. The van der Waals surface area contributed by atoms with E-state index >= 15 is 0 Å². The molecule has 4 rings (SSSR count). The topological polar surface area (TPSA) is 44.1 Å². The summed E-state index contributed by atoms with van der Waals surface area (Å²) in [6.07, 6.45) is 2.51. The number of pyridine rings is 1. The van der Waals surface area contributed by atoms with Crippen LogP contribution in [0.1, 0.15) is 16.1 Å². The van der Waals surface area contributed by atoms with Crippen molar-refractivity contribution in [2.75, 3.05) is 7.11 Å². The Morgan fingerprint density at radius 1 is 1.09 bits per heavy atom. The summed E-state index contributed by atoms with van der Waals surface area (Å²) in [5.41, 5.74) is 3.94. The monoisotopic (exact) mass is 304 g/mol. The van der Waals surface area contributed by atoms with Crippen molar-refractivity contribution >= 4 is 38.9 Å². The molecule has 0 saturated carbocycles. The Balaban J connectivity index is 2.29. The Kier molecular flexibility index (Phi) is 2.88. The fourth-order valence-corrected chi connectivity index (χ4v) is 3.51. The van der Waals surface area contributed by atoms with Gasteiger partial charge in [0.15, 0.2) is 6.29 Å². The van der Waals surface area contributed by atoms with E-state index in [0.717, 1.165) is 44.7 Å². The second-order valence-electron chi connectivity index (χ2n) is 5.75. The lowest BCUT2D eigenvalue weighted by molar-refractivity contribution is 0.112. The van der Waals surface area contributed by atoms with E-state index in [4.69, 9.17) is 4.74 Å². The first kappa shape index (κ1) is 13.8. The number of aryl methyl sites for hydroxylation is 2. The van der Waals surface area contributed by atoms with Gasteiger partial charge in [0.1, 0.15) is 11.4 Å². The van der Waals surface area contributed by atoms with Crippen LogP contribution in [-0.4, -0.2) is 22.9 Å². The van der Waals surface area contributed by atoms with Gasteiger partial charge in [0.2, 0.25) is 0 Å². The quantitative estimate of drug-likeness (QED) is 0.526. The zero-order chi connectivity index (χ0) is 16.1. The fraction of sp³-hybridized carbons (Fsp3) is 0.158. The summed E-state index contributed by atoms with van der Waals surface area (Å²) in [6.45, 7) is 2.09. The molecule has 4 heteroatoms. The van der Waals surface area contributed by atoms with E-state index < -0.39 is 0 Å². The Bertz CT molecular complexity index is 1090. The number of hydrogen-bond donors (Lipinski definition) is 0. The summed E-state index contributed by atoms with van der Waals surface area (Å²) < 4.78 is 7.56. The van der Waals surface area contributed by atoms with Gasteiger partial charge in [-0.1, -0.05) is 0 Å². The molecule has 0 aliphatic rings. The Morgan fingerprint density at radius 2 is 1.91 bits per heavy atom. The molecule has 2 heterocycles. The third-order valence-electron chi connectivity index (χ3n) is 4.63. The third kappa shape index (κ3) is 1.78. The molecule has 2 aromatic heterocycles. The minimum absolute atomic E-state index is 0.479. The lowest BCUT2D eigenvalue weighted by Crippen LogP contribution is -1.93. The zero-order valence-electron chi connectivity index (χ0n) is 13.3. The molecule has 0 aliphatic heterocycles. The molecule has 2 aromatic carbocycles. The number of benzene rings is 2. The van der Waals surface area contributed by atoms with Crippen LogP contribution < -0.4 is 4.74 Å². The van der Waals surface area contributed by atoms with Gasteiger partial charge in [-0.2, -0.15) is 0 Å². The lowest BCUT2D eigenvalue weighted by Gasteiger charge is -2.08. The molecule has 0 unspecified atom stereocenters. The average molecular weight is 304 g/mol. The van der Waals surface area contributed by atoms with Crippen LogP contribution >= 0.6 is 0 Å². The molecular weight excluding hydrogens is 288 g/mol. The number of carbonyl (C=O) groups excluding carboxylic acids is 1. The SMILES string of the molecule is COc1ccc2c(c1)c1cc3c(C=O)nccc3c(C)c1n2C. The first-order valence-corrected chi connectivity index (χ1v) is 7.45. The zero-order valence-corrected chi connectivity index (χ0v) is 13.3. The van der Waals surface area contributed by atoms with Gasteiger partial charge in [-0.3, -0.25) is 9.78 Å². The highest BCUT2D eigenvalue weighted by Crippen LogP contribution is 2.36. The molecule has 0 bridgehead atoms. The van der Waals surface area contributed by atoms with Crippen LogP contribution in [0.15, 0.2) is 36.5 Å². The van der Waals surface area contributed by atoms with E-state index in [0.29, 0.717) is 5.69 Å². The predicted octanol–water partition coefficient (Wildman–Crippen LogP) is 4.01. The normalized spacial score (nSPS) is 11.4. The highest BCUT2D eigenvalue weighted by molar-refractivity contribution is 6.16. The molecule has 4 aromatic rings. The number of fused-ring (bicyclic) bond motifs is 4. The third-order valence-corrected chi connectivity index (χ3v) is 4.63. The van der Waals surface area contributed by atoms with Crippen LogP contribution in [-0.2, 0) is 7.05 Å². The number of aromatic nitrogens is 2. The van der Waals surface area contributed by atoms with Gasteiger partial charge in [-0.25, -0.2) is 0 Å². The predicted molar refractivity (Wildman–Crippen MR) is 92.4 cm³/mol. The molecule has 0 spiro atoms. The number of methoxy groups -OCH3 is 1. The molecule has 0 atom stereocenters. The van der Waals surface area contributed by atoms with E-state index in [2.05, 4.69) is 35.7 Å². The molecule has 0 aliphatic carbocycles. The van der Waals surface area contributed by atoms with Crippen molar-refractivity contribution < 1.29 is 9.53 Å². The van der Waals surface area contributed by atoms with Crippen LogP contribution in [0.4, 0.5) is 0 Å². The minimum Gasteiger partial charge on any atom is -0.497 e. The van der Waals surface area contributed by atoms with Gasteiger partial charge < -0.3 is 9.30 Å². The Hall–Kier alpha value is -2.88. The molecule has 4 nitrogen and oxygen atoms in total. The van der Waals surface area contributed by atoms with Crippen molar-refractivity contribution in [1.29, 1.82) is 0 Å². The first-order chi connectivity index (χ1) is 11.2. The van der Waals surface area contributed by atoms with Crippen molar-refractivity contribution in [3.8, 4) is 5.75 Å². The summed E-state index contributed by atoms with van der Waals surface area (Å²) in [7, 11) is 3.74. The molecule has 23 heavy (non-hydrogen) atoms. The first-order valence-electron chi connectivity index (χ1n) is 7.45. The van der Waals surface area contributed by atoms with Crippen LogP contribution in [0.2, 0.25) is 0 Å². The van der Waals surface area contributed by atoms with Crippen LogP contribution in [0.5, 0.6) is 5.75 Å². The summed E-state index contributed by atoms with van der Waals surface area (Å²) in [4.78, 5) is 15.5. The van der Waals surface area contributed by atoms with Crippen LogP contribution in [0.25, 0.3) is 32.6 Å². The maximum atomic E-state index is 11.3. The lowest BCUT2D eigenvalue weighted by atomic mass is 10.0. The van der Waals surface area contributed by atoms with Gasteiger partial charge in [0, 0.05) is 34.9 Å². The van der Waals surface area contributed by atoms with Crippen LogP contribution in [0, 0.1) is 6.92 Å². The van der Waals surface area contributed by atoms with Gasteiger partial charge in [-0.15, -0.1) is 0 Å². The van der Waals surface area contributed by atoms with Gasteiger partial charge in [0.25, 0.3) is 0 Å². The smallest absolute Gasteiger partial charge is 0.169 e. The number of carbonyl (C=O) groups is 1. The van der Waals surface area contributed by atoms with Crippen molar-refractivity contribution in [2.24, 2.45) is 7.05 Å². The second-order valence-corrected chi connectivity index (χ2v) is 5.75. The molecule has 0 amide bonds. The molecule has 0 radical (unpaired) electrons.